The summed E-state index contributed by atoms with van der Waals surface area (Å²) in [5.74, 6) is -0.0635. The van der Waals surface area contributed by atoms with Crippen LogP contribution in [0.25, 0.3) is 0 Å². The number of carbonyl (C=O) groups is 1. The maximum atomic E-state index is 12.8. The van der Waals surface area contributed by atoms with Crippen molar-refractivity contribution in [2.24, 2.45) is 0 Å². The second-order valence-corrected chi connectivity index (χ2v) is 7.76. The first-order chi connectivity index (χ1) is 13.0. The van der Waals surface area contributed by atoms with Crippen molar-refractivity contribution in [2.45, 2.75) is 44.7 Å². The molecule has 0 aromatic heterocycles. The lowest BCUT2D eigenvalue weighted by Gasteiger charge is -2.31. The van der Waals surface area contributed by atoms with Crippen LogP contribution >= 0.6 is 0 Å². The van der Waals surface area contributed by atoms with Gasteiger partial charge in [0, 0.05) is 43.6 Å². The van der Waals surface area contributed by atoms with E-state index in [0.29, 0.717) is 11.6 Å². The lowest BCUT2D eigenvalue weighted by molar-refractivity contribution is 0.102. The summed E-state index contributed by atoms with van der Waals surface area (Å²) in [7, 11) is 6.16. The summed E-state index contributed by atoms with van der Waals surface area (Å²) in [5, 5.41) is 3.12. The Morgan fingerprint density at radius 1 is 1.00 bits per heavy atom. The molecule has 1 saturated carbocycles. The molecule has 0 saturated heterocycles. The third-order valence-corrected chi connectivity index (χ3v) is 5.51. The number of hydrogen-bond acceptors (Lipinski definition) is 3. The zero-order chi connectivity index (χ0) is 19.2. The van der Waals surface area contributed by atoms with E-state index >= 15 is 0 Å². The number of anilines is 2. The van der Waals surface area contributed by atoms with Gasteiger partial charge in [-0.1, -0.05) is 43.5 Å². The van der Waals surface area contributed by atoms with E-state index in [1.54, 1.807) is 0 Å². The monoisotopic (exact) mass is 365 g/mol. The van der Waals surface area contributed by atoms with Crippen LogP contribution in [0.15, 0.2) is 48.5 Å². The normalized spacial score (nSPS) is 15.0. The van der Waals surface area contributed by atoms with Gasteiger partial charge in [0.25, 0.3) is 5.91 Å². The van der Waals surface area contributed by atoms with Gasteiger partial charge in [-0.15, -0.1) is 0 Å². The fraction of sp³-hybridized carbons (Fsp3) is 0.435. The van der Waals surface area contributed by atoms with E-state index in [9.17, 15) is 4.79 Å². The molecule has 0 aliphatic heterocycles. The summed E-state index contributed by atoms with van der Waals surface area (Å²) in [5.41, 5.74) is 3.77. The molecule has 0 heterocycles. The first-order valence-electron chi connectivity index (χ1n) is 9.91. The standard InChI is InChI=1S/C23H31N3O/c1-25(2)21-14-9-11-18(16-21)23(27)24-22-15-8-7-10-19(22)17-26(3)20-12-5-4-6-13-20/h7-11,14-16,20H,4-6,12-13,17H2,1-3H3,(H,24,27). The number of benzene rings is 2. The van der Waals surface area contributed by atoms with Crippen molar-refractivity contribution in [1.29, 1.82) is 0 Å². The van der Waals surface area contributed by atoms with E-state index in [0.717, 1.165) is 17.9 Å². The van der Waals surface area contributed by atoms with Gasteiger partial charge in [-0.3, -0.25) is 9.69 Å². The Kier molecular flexibility index (Phi) is 6.51. The fourth-order valence-electron chi connectivity index (χ4n) is 3.82. The van der Waals surface area contributed by atoms with Crippen molar-refractivity contribution >= 4 is 17.3 Å². The van der Waals surface area contributed by atoms with Crippen LogP contribution in [0.4, 0.5) is 11.4 Å². The molecule has 0 bridgehead atoms. The molecule has 4 heteroatoms. The largest absolute Gasteiger partial charge is 0.378 e. The molecule has 1 amide bonds. The van der Waals surface area contributed by atoms with E-state index in [1.807, 2.05) is 61.5 Å². The molecule has 27 heavy (non-hydrogen) atoms. The second-order valence-electron chi connectivity index (χ2n) is 7.76. The third kappa shape index (κ3) is 5.10. The molecule has 4 nitrogen and oxygen atoms in total. The van der Waals surface area contributed by atoms with Gasteiger partial charge in [0.05, 0.1) is 0 Å². The number of para-hydroxylation sites is 1. The maximum Gasteiger partial charge on any atom is 0.255 e. The number of nitrogens with one attached hydrogen (secondary N) is 1. The highest BCUT2D eigenvalue weighted by Crippen LogP contribution is 2.25. The van der Waals surface area contributed by atoms with Gasteiger partial charge in [-0.25, -0.2) is 0 Å². The highest BCUT2D eigenvalue weighted by Gasteiger charge is 2.19. The van der Waals surface area contributed by atoms with Crippen molar-refractivity contribution in [2.75, 3.05) is 31.4 Å². The van der Waals surface area contributed by atoms with Gasteiger partial charge in [-0.05, 0) is 49.7 Å². The first kappa shape index (κ1) is 19.4. The van der Waals surface area contributed by atoms with E-state index < -0.39 is 0 Å². The van der Waals surface area contributed by atoms with Crippen LogP contribution in [0.3, 0.4) is 0 Å². The predicted molar refractivity (Wildman–Crippen MR) is 114 cm³/mol. The molecule has 2 aromatic rings. The Hall–Kier alpha value is -2.33. The second kappa shape index (κ2) is 9.05. The van der Waals surface area contributed by atoms with E-state index in [1.165, 1.54) is 37.7 Å². The minimum atomic E-state index is -0.0635. The summed E-state index contributed by atoms with van der Waals surface area (Å²) < 4.78 is 0. The third-order valence-electron chi connectivity index (χ3n) is 5.51. The Bertz CT molecular complexity index is 766. The van der Waals surface area contributed by atoms with Gasteiger partial charge in [-0.2, -0.15) is 0 Å². The smallest absolute Gasteiger partial charge is 0.255 e. The summed E-state index contributed by atoms with van der Waals surface area (Å²) in [6, 6.07) is 16.5. The van der Waals surface area contributed by atoms with Gasteiger partial charge in [0.1, 0.15) is 0 Å². The van der Waals surface area contributed by atoms with Gasteiger partial charge in [0.2, 0.25) is 0 Å². The fourth-order valence-corrected chi connectivity index (χ4v) is 3.82. The summed E-state index contributed by atoms with van der Waals surface area (Å²) >= 11 is 0. The molecule has 2 aromatic carbocycles. The molecular formula is C23H31N3O. The van der Waals surface area contributed by atoms with Gasteiger partial charge in [0.15, 0.2) is 0 Å². The Labute approximate surface area is 163 Å². The van der Waals surface area contributed by atoms with Crippen LogP contribution in [0, 0.1) is 0 Å². The van der Waals surface area contributed by atoms with Gasteiger partial charge >= 0.3 is 0 Å². The van der Waals surface area contributed by atoms with Crippen molar-refractivity contribution < 1.29 is 4.79 Å². The highest BCUT2D eigenvalue weighted by molar-refractivity contribution is 6.05. The minimum absolute atomic E-state index is 0.0635. The van der Waals surface area contributed by atoms with Crippen LogP contribution in [0.2, 0.25) is 0 Å². The number of rotatable bonds is 6. The molecule has 1 N–H and O–H groups in total. The van der Waals surface area contributed by atoms with Crippen molar-refractivity contribution in [3.05, 3.63) is 59.7 Å². The van der Waals surface area contributed by atoms with Gasteiger partial charge < -0.3 is 10.2 Å². The lowest BCUT2D eigenvalue weighted by atomic mass is 9.94. The van der Waals surface area contributed by atoms with Crippen molar-refractivity contribution in [1.82, 2.24) is 4.90 Å². The molecule has 3 rings (SSSR count). The topological polar surface area (TPSA) is 35.6 Å². The molecular weight excluding hydrogens is 334 g/mol. The van der Waals surface area contributed by atoms with E-state index in [2.05, 4.69) is 23.3 Å². The molecule has 0 atom stereocenters. The highest BCUT2D eigenvalue weighted by atomic mass is 16.1. The molecule has 1 fully saturated rings. The molecule has 144 valence electrons. The Morgan fingerprint density at radius 2 is 1.74 bits per heavy atom. The van der Waals surface area contributed by atoms with E-state index in [4.69, 9.17) is 0 Å². The predicted octanol–water partition coefficient (Wildman–Crippen LogP) is 4.77. The van der Waals surface area contributed by atoms with Crippen molar-refractivity contribution in [3.63, 3.8) is 0 Å². The summed E-state index contributed by atoms with van der Waals surface area (Å²) in [4.78, 5) is 17.2. The number of carbonyl (C=O) groups excluding carboxylic acids is 1. The zero-order valence-corrected chi connectivity index (χ0v) is 16.7. The first-order valence-corrected chi connectivity index (χ1v) is 9.91. The molecule has 0 unspecified atom stereocenters. The van der Waals surface area contributed by atoms with Crippen LogP contribution in [0.5, 0.6) is 0 Å². The molecule has 0 spiro atoms. The SMILES string of the molecule is CN(C)c1cccc(C(=O)Nc2ccccc2CN(C)C2CCCCC2)c1. The van der Waals surface area contributed by atoms with Crippen LogP contribution < -0.4 is 10.2 Å². The Morgan fingerprint density at radius 3 is 2.48 bits per heavy atom. The van der Waals surface area contributed by atoms with Crippen LogP contribution in [-0.4, -0.2) is 38.0 Å². The average molecular weight is 366 g/mol. The quantitative estimate of drug-likeness (QED) is 0.801. The zero-order valence-electron chi connectivity index (χ0n) is 16.7. The summed E-state index contributed by atoms with van der Waals surface area (Å²) in [6.07, 6.45) is 6.58. The number of amides is 1. The molecule has 0 radical (unpaired) electrons. The average Bonchev–Trinajstić information content (AvgIpc) is 2.70. The summed E-state index contributed by atoms with van der Waals surface area (Å²) in [6.45, 7) is 0.860. The molecule has 1 aliphatic rings. The maximum absolute atomic E-state index is 12.8. The van der Waals surface area contributed by atoms with Crippen LogP contribution in [-0.2, 0) is 6.54 Å². The Balaban J connectivity index is 1.71. The van der Waals surface area contributed by atoms with Crippen molar-refractivity contribution in [3.8, 4) is 0 Å². The van der Waals surface area contributed by atoms with E-state index in [-0.39, 0.29) is 5.91 Å². The lowest BCUT2D eigenvalue weighted by Crippen LogP contribution is -2.33. The number of nitrogens with zero attached hydrogens (tertiary/aromatic N) is 2. The minimum Gasteiger partial charge on any atom is -0.378 e. The molecule has 1 aliphatic carbocycles. The number of hydrogen-bond donors (Lipinski definition) is 1. The van der Waals surface area contributed by atoms with Crippen LogP contribution in [0.1, 0.15) is 48.0 Å².